The summed E-state index contributed by atoms with van der Waals surface area (Å²) in [6.45, 7) is 3.59. The molecule has 0 radical (unpaired) electrons. The van der Waals surface area contributed by atoms with Gasteiger partial charge in [0.2, 0.25) is 5.91 Å². The highest BCUT2D eigenvalue weighted by atomic mass is 35.5. The summed E-state index contributed by atoms with van der Waals surface area (Å²) in [5, 5.41) is 3.45. The van der Waals surface area contributed by atoms with Gasteiger partial charge in [-0.2, -0.15) is 0 Å². The van der Waals surface area contributed by atoms with Crippen LogP contribution in [0.3, 0.4) is 0 Å². The summed E-state index contributed by atoms with van der Waals surface area (Å²) in [6.07, 6.45) is 1.73. The van der Waals surface area contributed by atoms with E-state index in [1.165, 1.54) is 0 Å². The molecule has 114 valence electrons. The fourth-order valence-electron chi connectivity index (χ4n) is 2.11. The fourth-order valence-corrected chi connectivity index (χ4v) is 2.38. The molecule has 1 fully saturated rings. The van der Waals surface area contributed by atoms with Crippen LogP contribution in [0, 0.1) is 5.92 Å². The highest BCUT2D eigenvalue weighted by Crippen LogP contribution is 2.31. The number of hydrogen-bond donors (Lipinski definition) is 1. The number of esters is 1. The fraction of sp³-hybridized carbons (Fsp3) is 0.500. The van der Waals surface area contributed by atoms with Crippen molar-refractivity contribution in [3.05, 3.63) is 34.9 Å². The maximum atomic E-state index is 12.0. The van der Waals surface area contributed by atoms with Crippen LogP contribution in [-0.4, -0.2) is 18.0 Å². The summed E-state index contributed by atoms with van der Waals surface area (Å²) in [4.78, 5) is 23.9. The van der Waals surface area contributed by atoms with Gasteiger partial charge in [-0.25, -0.2) is 0 Å². The lowest BCUT2D eigenvalue weighted by atomic mass is 10.0. The van der Waals surface area contributed by atoms with E-state index >= 15 is 0 Å². The SMILES string of the molecule is CC(C)OC(=O)C[C@H](NC(=O)C1CC1)c1ccccc1Cl. The Morgan fingerprint density at radius 2 is 2.00 bits per heavy atom. The Bertz CT molecular complexity index is 526. The van der Waals surface area contributed by atoms with Gasteiger partial charge >= 0.3 is 5.97 Å². The molecule has 0 aromatic heterocycles. The van der Waals surface area contributed by atoms with Crippen molar-refractivity contribution in [1.82, 2.24) is 5.32 Å². The molecule has 2 rings (SSSR count). The lowest BCUT2D eigenvalue weighted by Crippen LogP contribution is -2.32. The van der Waals surface area contributed by atoms with Crippen molar-refractivity contribution in [3.63, 3.8) is 0 Å². The van der Waals surface area contributed by atoms with Crippen LogP contribution in [0.1, 0.15) is 44.7 Å². The van der Waals surface area contributed by atoms with E-state index in [1.54, 1.807) is 19.9 Å². The first kappa shape index (κ1) is 15.8. The summed E-state index contributed by atoms with van der Waals surface area (Å²) in [7, 11) is 0. The van der Waals surface area contributed by atoms with Crippen molar-refractivity contribution in [2.75, 3.05) is 0 Å². The van der Waals surface area contributed by atoms with Gasteiger partial charge in [-0.05, 0) is 38.3 Å². The number of benzene rings is 1. The minimum absolute atomic E-state index is 0.0164. The van der Waals surface area contributed by atoms with Gasteiger partial charge in [0.05, 0.1) is 18.6 Å². The zero-order chi connectivity index (χ0) is 15.4. The molecule has 0 unspecified atom stereocenters. The zero-order valence-electron chi connectivity index (χ0n) is 12.3. The third-order valence-corrected chi connectivity index (χ3v) is 3.63. The van der Waals surface area contributed by atoms with E-state index in [4.69, 9.17) is 16.3 Å². The molecule has 0 bridgehead atoms. The van der Waals surface area contributed by atoms with Crippen LogP contribution in [0.5, 0.6) is 0 Å². The first-order valence-corrected chi connectivity index (χ1v) is 7.59. The molecule has 4 nitrogen and oxygen atoms in total. The van der Waals surface area contributed by atoms with Gasteiger partial charge in [0, 0.05) is 10.9 Å². The number of rotatable bonds is 6. The van der Waals surface area contributed by atoms with Gasteiger partial charge in [-0.15, -0.1) is 0 Å². The molecule has 0 aliphatic heterocycles. The van der Waals surface area contributed by atoms with Crippen LogP contribution in [0.4, 0.5) is 0 Å². The smallest absolute Gasteiger partial charge is 0.308 e. The number of halogens is 1. The molecule has 1 atom stereocenters. The summed E-state index contributed by atoms with van der Waals surface area (Å²) < 4.78 is 5.17. The minimum atomic E-state index is -0.446. The molecule has 0 heterocycles. The van der Waals surface area contributed by atoms with Crippen LogP contribution in [-0.2, 0) is 14.3 Å². The summed E-state index contributed by atoms with van der Waals surface area (Å²) >= 11 is 6.18. The van der Waals surface area contributed by atoms with Gasteiger partial charge < -0.3 is 10.1 Å². The molecular formula is C16H20ClNO3. The van der Waals surface area contributed by atoms with E-state index < -0.39 is 6.04 Å². The first-order valence-electron chi connectivity index (χ1n) is 7.21. The Morgan fingerprint density at radius 1 is 1.33 bits per heavy atom. The van der Waals surface area contributed by atoms with Crippen molar-refractivity contribution in [1.29, 1.82) is 0 Å². The van der Waals surface area contributed by atoms with Crippen LogP contribution < -0.4 is 5.32 Å². The number of amides is 1. The second kappa shape index (κ2) is 6.94. The molecule has 21 heavy (non-hydrogen) atoms. The molecule has 0 saturated heterocycles. The first-order chi connectivity index (χ1) is 9.97. The topological polar surface area (TPSA) is 55.4 Å². The van der Waals surface area contributed by atoms with E-state index in [2.05, 4.69) is 5.32 Å². The minimum Gasteiger partial charge on any atom is -0.463 e. The normalized spacial score (nSPS) is 15.6. The van der Waals surface area contributed by atoms with Crippen molar-refractivity contribution in [3.8, 4) is 0 Å². The van der Waals surface area contributed by atoms with Gasteiger partial charge in [0.25, 0.3) is 0 Å². The molecule has 1 aliphatic rings. The largest absolute Gasteiger partial charge is 0.463 e. The standard InChI is InChI=1S/C16H20ClNO3/c1-10(2)21-15(19)9-14(18-16(20)11-7-8-11)12-5-3-4-6-13(12)17/h3-6,10-11,14H,7-9H2,1-2H3,(H,18,20)/t14-/m0/s1. The summed E-state index contributed by atoms with van der Waals surface area (Å²) in [5.41, 5.74) is 0.744. The predicted octanol–water partition coefficient (Wildman–Crippen LogP) is 3.25. The monoisotopic (exact) mass is 309 g/mol. The van der Waals surface area contributed by atoms with Crippen molar-refractivity contribution >= 4 is 23.5 Å². The molecule has 5 heteroatoms. The maximum Gasteiger partial charge on any atom is 0.308 e. The average Bonchev–Trinajstić information content (AvgIpc) is 3.21. The predicted molar refractivity (Wildman–Crippen MR) is 80.9 cm³/mol. The number of carbonyl (C=O) groups excluding carboxylic acids is 2. The molecule has 1 saturated carbocycles. The number of nitrogens with one attached hydrogen (secondary N) is 1. The van der Waals surface area contributed by atoms with Gasteiger partial charge in [-0.3, -0.25) is 9.59 Å². The number of ether oxygens (including phenoxy) is 1. The summed E-state index contributed by atoms with van der Waals surface area (Å²) in [6, 6.07) is 6.78. The Hall–Kier alpha value is -1.55. The Balaban J connectivity index is 2.11. The molecule has 1 aliphatic carbocycles. The van der Waals surface area contributed by atoms with Crippen LogP contribution in [0.25, 0.3) is 0 Å². The van der Waals surface area contributed by atoms with Crippen molar-refractivity contribution in [2.24, 2.45) is 5.92 Å². The Morgan fingerprint density at radius 3 is 2.57 bits per heavy atom. The molecule has 1 amide bonds. The second-order valence-electron chi connectivity index (χ2n) is 5.60. The van der Waals surface area contributed by atoms with Gasteiger partial charge in [0.15, 0.2) is 0 Å². The quantitative estimate of drug-likeness (QED) is 0.821. The lowest BCUT2D eigenvalue weighted by molar-refractivity contribution is -0.148. The van der Waals surface area contributed by atoms with Gasteiger partial charge in [0.1, 0.15) is 0 Å². The molecule has 1 N–H and O–H groups in total. The third kappa shape index (κ3) is 4.74. The average molecular weight is 310 g/mol. The summed E-state index contributed by atoms with van der Waals surface area (Å²) in [5.74, 6) is -0.278. The van der Waals surface area contributed by atoms with E-state index in [-0.39, 0.29) is 30.3 Å². The van der Waals surface area contributed by atoms with Crippen LogP contribution in [0.2, 0.25) is 5.02 Å². The van der Waals surface area contributed by atoms with E-state index in [0.717, 1.165) is 18.4 Å². The van der Waals surface area contributed by atoms with E-state index in [0.29, 0.717) is 5.02 Å². The number of carbonyl (C=O) groups is 2. The molecule has 1 aromatic rings. The molecular weight excluding hydrogens is 290 g/mol. The van der Waals surface area contributed by atoms with Crippen LogP contribution >= 0.6 is 11.6 Å². The molecule has 0 spiro atoms. The van der Waals surface area contributed by atoms with Gasteiger partial charge in [-0.1, -0.05) is 29.8 Å². The molecule has 1 aromatic carbocycles. The second-order valence-corrected chi connectivity index (χ2v) is 6.01. The van der Waals surface area contributed by atoms with Crippen molar-refractivity contribution in [2.45, 2.75) is 45.3 Å². The highest BCUT2D eigenvalue weighted by molar-refractivity contribution is 6.31. The van der Waals surface area contributed by atoms with E-state index in [1.807, 2.05) is 18.2 Å². The maximum absolute atomic E-state index is 12.0. The zero-order valence-corrected chi connectivity index (χ0v) is 13.0. The van der Waals surface area contributed by atoms with Crippen molar-refractivity contribution < 1.29 is 14.3 Å². The Kier molecular flexibility index (Phi) is 5.23. The third-order valence-electron chi connectivity index (χ3n) is 3.28. The highest BCUT2D eigenvalue weighted by Gasteiger charge is 2.32. The Labute approximate surface area is 129 Å². The lowest BCUT2D eigenvalue weighted by Gasteiger charge is -2.20. The van der Waals surface area contributed by atoms with E-state index in [9.17, 15) is 9.59 Å². The number of hydrogen-bond acceptors (Lipinski definition) is 3. The van der Waals surface area contributed by atoms with Crippen LogP contribution in [0.15, 0.2) is 24.3 Å².